The molecule has 1 aliphatic carbocycles. The summed E-state index contributed by atoms with van der Waals surface area (Å²) in [4.78, 5) is 9.97. The molecule has 1 aromatic rings. The van der Waals surface area contributed by atoms with Gasteiger partial charge in [0.25, 0.3) is 0 Å². The van der Waals surface area contributed by atoms with Crippen molar-refractivity contribution in [3.63, 3.8) is 0 Å². The third-order valence-electron chi connectivity index (χ3n) is 4.11. The second-order valence-corrected chi connectivity index (χ2v) is 5.30. The molecule has 3 N–H and O–H groups in total. The zero-order valence-corrected chi connectivity index (χ0v) is 10.8. The second kappa shape index (κ2) is 4.97. The molecule has 110 valence electrons. The maximum Gasteiger partial charge on any atom is 0.310 e. The van der Waals surface area contributed by atoms with Gasteiger partial charge in [0.05, 0.1) is 4.92 Å². The highest BCUT2D eigenvalue weighted by Gasteiger charge is 2.43. The van der Waals surface area contributed by atoms with Crippen molar-refractivity contribution in [1.82, 2.24) is 0 Å². The minimum Gasteiger partial charge on any atom is -0.502 e. The maximum absolute atomic E-state index is 13.3. The Morgan fingerprint density at radius 3 is 2.35 bits per heavy atom. The number of phenols is 1. The molecule has 1 aliphatic rings. The van der Waals surface area contributed by atoms with Crippen molar-refractivity contribution in [2.75, 3.05) is 6.54 Å². The second-order valence-electron chi connectivity index (χ2n) is 5.30. The quantitative estimate of drug-likeness (QED) is 0.660. The van der Waals surface area contributed by atoms with Crippen LogP contribution in [0.3, 0.4) is 0 Å². The van der Waals surface area contributed by atoms with Crippen LogP contribution in [0.15, 0.2) is 18.2 Å². The molecule has 2 rings (SSSR count). The summed E-state index contributed by atoms with van der Waals surface area (Å²) in [5.41, 5.74) is 5.28. The average Bonchev–Trinajstić information content (AvgIpc) is 2.39. The van der Waals surface area contributed by atoms with Crippen LogP contribution in [0, 0.1) is 10.1 Å². The van der Waals surface area contributed by atoms with E-state index in [0.29, 0.717) is 5.56 Å². The minimum absolute atomic E-state index is 0.167. The number of nitro benzene ring substituents is 1. The zero-order valence-electron chi connectivity index (χ0n) is 10.8. The van der Waals surface area contributed by atoms with Gasteiger partial charge in [0.1, 0.15) is 0 Å². The fraction of sp³-hybridized carbons (Fsp3) is 0.538. The summed E-state index contributed by atoms with van der Waals surface area (Å²) >= 11 is 0. The van der Waals surface area contributed by atoms with E-state index >= 15 is 0 Å². The van der Waals surface area contributed by atoms with Gasteiger partial charge in [-0.3, -0.25) is 10.1 Å². The number of hydrogen-bond acceptors (Lipinski definition) is 4. The fourth-order valence-electron chi connectivity index (χ4n) is 2.71. The van der Waals surface area contributed by atoms with Gasteiger partial charge >= 0.3 is 5.69 Å². The fourth-order valence-corrected chi connectivity index (χ4v) is 2.71. The number of rotatable bonds is 3. The molecule has 0 atom stereocenters. The standard InChI is InChI=1S/C13H16F2N2O3/c14-13(15)5-3-12(8-16,4-6-13)9-1-2-10(17(19)20)11(18)7-9/h1-2,7,18H,3-6,8,16H2. The number of nitro groups is 1. The molecule has 0 heterocycles. The van der Waals surface area contributed by atoms with E-state index in [0.717, 1.165) is 0 Å². The van der Waals surface area contributed by atoms with Crippen LogP contribution in [0.25, 0.3) is 0 Å². The topological polar surface area (TPSA) is 89.4 Å². The van der Waals surface area contributed by atoms with Crippen molar-refractivity contribution in [1.29, 1.82) is 0 Å². The summed E-state index contributed by atoms with van der Waals surface area (Å²) in [7, 11) is 0. The number of benzene rings is 1. The molecule has 20 heavy (non-hydrogen) atoms. The Labute approximate surface area is 114 Å². The molecule has 7 heteroatoms. The van der Waals surface area contributed by atoms with Gasteiger partial charge in [-0.1, -0.05) is 6.07 Å². The van der Waals surface area contributed by atoms with Crippen molar-refractivity contribution >= 4 is 5.69 Å². The number of hydrogen-bond donors (Lipinski definition) is 2. The van der Waals surface area contributed by atoms with Crippen LogP contribution >= 0.6 is 0 Å². The normalized spacial score (nSPS) is 20.6. The summed E-state index contributed by atoms with van der Waals surface area (Å²) < 4.78 is 26.5. The molecule has 1 saturated carbocycles. The van der Waals surface area contributed by atoms with Crippen LogP contribution in [0.4, 0.5) is 14.5 Å². The van der Waals surface area contributed by atoms with Crippen molar-refractivity contribution in [3.05, 3.63) is 33.9 Å². The summed E-state index contributed by atoms with van der Waals surface area (Å²) in [6.45, 7) is 0.167. The van der Waals surface area contributed by atoms with Gasteiger partial charge in [0.2, 0.25) is 5.92 Å². The SMILES string of the molecule is NCC1(c2ccc([N+](=O)[O-])c(O)c2)CCC(F)(F)CC1. The first-order valence-corrected chi connectivity index (χ1v) is 6.35. The van der Waals surface area contributed by atoms with Crippen molar-refractivity contribution in [2.24, 2.45) is 5.73 Å². The number of alkyl halides is 2. The smallest absolute Gasteiger partial charge is 0.310 e. The molecule has 0 unspecified atom stereocenters. The number of halogens is 2. The lowest BCUT2D eigenvalue weighted by atomic mass is 9.68. The third kappa shape index (κ3) is 2.58. The molecule has 0 saturated heterocycles. The maximum atomic E-state index is 13.3. The van der Waals surface area contributed by atoms with Crippen LogP contribution in [-0.4, -0.2) is 22.5 Å². The van der Waals surface area contributed by atoms with Crippen LogP contribution in [0.5, 0.6) is 5.75 Å². The number of phenolic OH excluding ortho intramolecular Hbond substituents is 1. The van der Waals surface area contributed by atoms with Gasteiger partial charge in [0, 0.05) is 30.9 Å². The summed E-state index contributed by atoms with van der Waals surface area (Å²) in [5, 5.41) is 20.3. The van der Waals surface area contributed by atoms with Crippen LogP contribution in [0.1, 0.15) is 31.2 Å². The molecule has 0 spiro atoms. The Morgan fingerprint density at radius 2 is 1.90 bits per heavy atom. The molecule has 0 aliphatic heterocycles. The van der Waals surface area contributed by atoms with E-state index in [2.05, 4.69) is 0 Å². The van der Waals surface area contributed by atoms with Gasteiger partial charge in [-0.2, -0.15) is 0 Å². The van der Waals surface area contributed by atoms with E-state index in [1.807, 2.05) is 0 Å². The molecule has 0 amide bonds. The first-order valence-electron chi connectivity index (χ1n) is 6.35. The van der Waals surface area contributed by atoms with Gasteiger partial charge in [-0.25, -0.2) is 8.78 Å². The first-order chi connectivity index (χ1) is 9.30. The van der Waals surface area contributed by atoms with Gasteiger partial charge in [0.15, 0.2) is 5.75 Å². The van der Waals surface area contributed by atoms with E-state index < -0.39 is 27.7 Å². The lowest BCUT2D eigenvalue weighted by Crippen LogP contribution is -2.42. The van der Waals surface area contributed by atoms with Crippen LogP contribution in [-0.2, 0) is 5.41 Å². The first kappa shape index (κ1) is 14.6. The molecular weight excluding hydrogens is 270 g/mol. The van der Waals surface area contributed by atoms with E-state index in [4.69, 9.17) is 5.73 Å². The minimum atomic E-state index is -2.68. The molecule has 1 aromatic carbocycles. The molecule has 1 fully saturated rings. The third-order valence-corrected chi connectivity index (χ3v) is 4.11. The lowest BCUT2D eigenvalue weighted by molar-refractivity contribution is -0.385. The zero-order chi connectivity index (χ0) is 15.0. The van der Waals surface area contributed by atoms with Crippen LogP contribution < -0.4 is 5.73 Å². The lowest BCUT2D eigenvalue weighted by Gasteiger charge is -2.39. The Hall–Kier alpha value is -1.76. The van der Waals surface area contributed by atoms with Crippen molar-refractivity contribution in [3.8, 4) is 5.75 Å². The van der Waals surface area contributed by atoms with Crippen LogP contribution in [0.2, 0.25) is 0 Å². The summed E-state index contributed by atoms with van der Waals surface area (Å²) in [5.74, 6) is -3.14. The van der Waals surface area contributed by atoms with Gasteiger partial charge < -0.3 is 10.8 Å². The Balaban J connectivity index is 2.33. The monoisotopic (exact) mass is 286 g/mol. The van der Waals surface area contributed by atoms with Crippen molar-refractivity contribution < 1.29 is 18.8 Å². The highest BCUT2D eigenvalue weighted by molar-refractivity contribution is 5.49. The molecule has 5 nitrogen and oxygen atoms in total. The van der Waals surface area contributed by atoms with Crippen molar-refractivity contribution in [2.45, 2.75) is 37.0 Å². The van der Waals surface area contributed by atoms with E-state index in [-0.39, 0.29) is 32.2 Å². The Bertz CT molecular complexity index is 524. The van der Waals surface area contributed by atoms with E-state index in [9.17, 15) is 24.0 Å². The molecular formula is C13H16F2N2O3. The Morgan fingerprint density at radius 1 is 1.30 bits per heavy atom. The van der Waals surface area contributed by atoms with Gasteiger partial charge in [-0.05, 0) is 24.5 Å². The predicted molar refractivity (Wildman–Crippen MR) is 68.9 cm³/mol. The summed E-state index contributed by atoms with van der Waals surface area (Å²) in [6.07, 6.45) is -0.120. The highest BCUT2D eigenvalue weighted by atomic mass is 19.3. The Kier molecular flexibility index (Phi) is 3.64. The van der Waals surface area contributed by atoms with E-state index in [1.165, 1.54) is 18.2 Å². The number of aromatic hydroxyl groups is 1. The molecule has 0 aromatic heterocycles. The predicted octanol–water partition coefficient (Wildman–Crippen LogP) is 2.71. The number of nitrogens with zero attached hydrogens (tertiary/aromatic N) is 1. The molecule has 0 radical (unpaired) electrons. The number of nitrogens with two attached hydrogens (primary N) is 1. The highest BCUT2D eigenvalue weighted by Crippen LogP contribution is 2.46. The van der Waals surface area contributed by atoms with Gasteiger partial charge in [-0.15, -0.1) is 0 Å². The largest absolute Gasteiger partial charge is 0.502 e. The van der Waals surface area contributed by atoms with E-state index in [1.54, 1.807) is 0 Å². The molecule has 0 bridgehead atoms. The average molecular weight is 286 g/mol. The summed E-state index contributed by atoms with van der Waals surface area (Å²) in [6, 6.07) is 3.96.